The van der Waals surface area contributed by atoms with Crippen LogP contribution >= 0.6 is 0 Å². The van der Waals surface area contributed by atoms with E-state index in [1.165, 1.54) is 11.1 Å². The molecule has 1 N–H and O–H groups in total. The zero-order valence-electron chi connectivity index (χ0n) is 18.2. The fourth-order valence-electron chi connectivity index (χ4n) is 3.39. The summed E-state index contributed by atoms with van der Waals surface area (Å²) in [5, 5.41) is 10.9. The third-order valence-corrected chi connectivity index (χ3v) is 5.35. The zero-order chi connectivity index (χ0) is 21.4. The van der Waals surface area contributed by atoms with Gasteiger partial charge in [-0.1, -0.05) is 108 Å². The lowest BCUT2D eigenvalue weighted by atomic mass is 9.85. The number of hydrogen-bond donors (Lipinski definition) is 1. The van der Waals surface area contributed by atoms with Crippen LogP contribution in [0.5, 0.6) is 0 Å². The minimum Gasteiger partial charge on any atom is -0.507 e. The van der Waals surface area contributed by atoms with Gasteiger partial charge in [-0.15, -0.1) is 0 Å². The van der Waals surface area contributed by atoms with Gasteiger partial charge in [0.1, 0.15) is 5.76 Å². The van der Waals surface area contributed by atoms with Gasteiger partial charge in [-0.05, 0) is 22.0 Å². The van der Waals surface area contributed by atoms with E-state index in [1.807, 2.05) is 54.6 Å². The molecule has 0 atom stereocenters. The topological polar surface area (TPSA) is 37.3 Å². The first-order valence-corrected chi connectivity index (χ1v) is 10.1. The van der Waals surface area contributed by atoms with Crippen molar-refractivity contribution < 1.29 is 9.90 Å². The van der Waals surface area contributed by atoms with Crippen molar-refractivity contribution >= 4 is 11.5 Å². The van der Waals surface area contributed by atoms with Crippen molar-refractivity contribution in [2.45, 2.75) is 52.4 Å². The molecule has 0 amide bonds. The van der Waals surface area contributed by atoms with Crippen LogP contribution in [0.15, 0.2) is 77.9 Å². The van der Waals surface area contributed by atoms with Gasteiger partial charge < -0.3 is 5.11 Å². The van der Waals surface area contributed by atoms with Crippen LogP contribution in [0.2, 0.25) is 0 Å². The number of allylic oxidation sites excluding steroid dienone is 5. The minimum atomic E-state index is -0.0803. The van der Waals surface area contributed by atoms with Crippen molar-refractivity contribution in [3.8, 4) is 0 Å². The summed E-state index contributed by atoms with van der Waals surface area (Å²) in [4.78, 5) is 13.1. The smallest absolute Gasteiger partial charge is 0.193 e. The Morgan fingerprint density at radius 3 is 1.62 bits per heavy atom. The number of rotatable bonds is 3. The Kier molecular flexibility index (Phi) is 5.40. The van der Waals surface area contributed by atoms with E-state index in [9.17, 15) is 9.90 Å². The summed E-state index contributed by atoms with van der Waals surface area (Å²) in [5.41, 5.74) is 4.90. The molecular weight excluding hydrogens is 356 g/mol. The van der Waals surface area contributed by atoms with Gasteiger partial charge in [0, 0.05) is 22.3 Å². The first kappa shape index (κ1) is 20.9. The van der Waals surface area contributed by atoms with E-state index in [0.29, 0.717) is 22.3 Å². The molecule has 0 saturated heterocycles. The second-order valence-electron chi connectivity index (χ2n) is 9.69. The van der Waals surface area contributed by atoms with Crippen molar-refractivity contribution in [2.24, 2.45) is 0 Å². The molecule has 3 rings (SSSR count). The van der Waals surface area contributed by atoms with E-state index in [4.69, 9.17) is 0 Å². The molecule has 2 aromatic rings. The van der Waals surface area contributed by atoms with E-state index < -0.39 is 0 Å². The molecule has 0 heterocycles. The average molecular weight is 387 g/mol. The number of Topliss-reactive ketones (excluding diaryl/α,β-unsaturated/α-hetero) is 1. The lowest BCUT2D eigenvalue weighted by Crippen LogP contribution is -2.12. The number of carbonyl (C=O) groups excluding carboxylic acids is 1. The lowest BCUT2D eigenvalue weighted by Gasteiger charge is -2.19. The maximum absolute atomic E-state index is 13.1. The molecule has 0 fully saturated rings. The van der Waals surface area contributed by atoms with Crippen LogP contribution in [0.25, 0.3) is 5.76 Å². The largest absolute Gasteiger partial charge is 0.507 e. The van der Waals surface area contributed by atoms with Crippen LogP contribution in [-0.4, -0.2) is 10.9 Å². The molecule has 2 nitrogen and oxygen atoms in total. The maximum atomic E-state index is 13.1. The van der Waals surface area contributed by atoms with E-state index in [2.05, 4.69) is 41.5 Å². The molecule has 0 radical (unpaired) electrons. The molecule has 1 aliphatic rings. The fraction of sp³-hybridized carbons (Fsp3) is 0.296. The van der Waals surface area contributed by atoms with Gasteiger partial charge in [-0.25, -0.2) is 0 Å². The quantitative estimate of drug-likeness (QED) is 0.459. The van der Waals surface area contributed by atoms with E-state index in [1.54, 1.807) is 12.2 Å². The molecule has 29 heavy (non-hydrogen) atoms. The molecule has 0 aliphatic heterocycles. The Morgan fingerprint density at radius 2 is 1.17 bits per heavy atom. The van der Waals surface area contributed by atoms with Crippen LogP contribution in [0, 0.1) is 0 Å². The van der Waals surface area contributed by atoms with Crippen molar-refractivity contribution in [2.75, 3.05) is 0 Å². The molecule has 150 valence electrons. The lowest BCUT2D eigenvalue weighted by molar-refractivity contribution is 0.103. The molecule has 0 aromatic heterocycles. The summed E-state index contributed by atoms with van der Waals surface area (Å²) in [5.74, 6) is 0.0495. The molecule has 0 saturated carbocycles. The number of hydrogen-bond acceptors (Lipinski definition) is 2. The standard InChI is InChI=1S/C27H30O2/c1-26(2,3)20-14-10-18(11-15-20)24(28)22-8-7-9-23(22)25(29)19-12-16-21(17-13-19)27(4,5)6/h7-17,28H,1-6H3. The molecule has 1 aliphatic carbocycles. The summed E-state index contributed by atoms with van der Waals surface area (Å²) < 4.78 is 0. The maximum Gasteiger partial charge on any atom is 0.193 e. The highest BCUT2D eigenvalue weighted by molar-refractivity contribution is 6.14. The van der Waals surface area contributed by atoms with Gasteiger partial charge in [0.05, 0.1) is 0 Å². The highest BCUT2D eigenvalue weighted by Crippen LogP contribution is 2.31. The third-order valence-electron chi connectivity index (χ3n) is 5.35. The van der Waals surface area contributed by atoms with E-state index in [0.717, 1.165) is 0 Å². The van der Waals surface area contributed by atoms with Gasteiger partial charge >= 0.3 is 0 Å². The fourth-order valence-corrected chi connectivity index (χ4v) is 3.39. The second kappa shape index (κ2) is 7.51. The van der Waals surface area contributed by atoms with Crippen LogP contribution in [0.4, 0.5) is 0 Å². The summed E-state index contributed by atoms with van der Waals surface area (Å²) in [6.45, 7) is 12.9. The summed E-state index contributed by atoms with van der Waals surface area (Å²) >= 11 is 0. The molecule has 0 bridgehead atoms. The number of aliphatic hydroxyl groups is 1. The average Bonchev–Trinajstić information content (AvgIpc) is 3.15. The predicted octanol–water partition coefficient (Wildman–Crippen LogP) is 6.93. The van der Waals surface area contributed by atoms with E-state index in [-0.39, 0.29) is 22.4 Å². The van der Waals surface area contributed by atoms with Gasteiger partial charge in [0.25, 0.3) is 0 Å². The number of ketones is 1. The SMILES string of the molecule is CC(C)(C)c1ccc(C(=O)C2=CC=CC2=C(O)c2ccc(C(C)(C)C)cc2)cc1. The number of aliphatic hydroxyl groups excluding tert-OH is 1. The van der Waals surface area contributed by atoms with Crippen LogP contribution in [0.3, 0.4) is 0 Å². The van der Waals surface area contributed by atoms with E-state index >= 15 is 0 Å². The summed E-state index contributed by atoms with van der Waals surface area (Å²) in [7, 11) is 0. The Balaban J connectivity index is 1.90. The summed E-state index contributed by atoms with van der Waals surface area (Å²) in [6, 6.07) is 15.6. The van der Waals surface area contributed by atoms with Crippen LogP contribution in [-0.2, 0) is 10.8 Å². The van der Waals surface area contributed by atoms with Gasteiger partial charge in [0.2, 0.25) is 0 Å². The Hall–Kier alpha value is -2.87. The third kappa shape index (κ3) is 4.42. The number of benzene rings is 2. The number of carbonyl (C=O) groups is 1. The second-order valence-corrected chi connectivity index (χ2v) is 9.69. The predicted molar refractivity (Wildman–Crippen MR) is 121 cm³/mol. The van der Waals surface area contributed by atoms with Gasteiger partial charge in [-0.2, -0.15) is 0 Å². The van der Waals surface area contributed by atoms with Crippen molar-refractivity contribution in [1.82, 2.24) is 0 Å². The van der Waals surface area contributed by atoms with Crippen molar-refractivity contribution in [3.63, 3.8) is 0 Å². The molecule has 0 unspecified atom stereocenters. The van der Waals surface area contributed by atoms with Gasteiger partial charge in [-0.3, -0.25) is 4.79 Å². The molecular formula is C27H30O2. The highest BCUT2D eigenvalue weighted by Gasteiger charge is 2.22. The molecule has 2 aromatic carbocycles. The van der Waals surface area contributed by atoms with Gasteiger partial charge in [0.15, 0.2) is 5.78 Å². The minimum absolute atomic E-state index is 0.0400. The Morgan fingerprint density at radius 1 is 0.724 bits per heavy atom. The van der Waals surface area contributed by atoms with Crippen LogP contribution in [0.1, 0.15) is 68.6 Å². The first-order valence-electron chi connectivity index (χ1n) is 10.1. The Bertz CT molecular complexity index is 1000. The summed E-state index contributed by atoms with van der Waals surface area (Å²) in [6.07, 6.45) is 5.38. The van der Waals surface area contributed by atoms with Crippen LogP contribution < -0.4 is 0 Å². The first-order chi connectivity index (χ1) is 13.5. The molecule has 2 heteroatoms. The van der Waals surface area contributed by atoms with Crippen molar-refractivity contribution in [1.29, 1.82) is 0 Å². The normalized spacial score (nSPS) is 16.0. The zero-order valence-corrected chi connectivity index (χ0v) is 18.2. The highest BCUT2D eigenvalue weighted by atomic mass is 16.3. The Labute approximate surface area is 174 Å². The van der Waals surface area contributed by atoms with Crippen molar-refractivity contribution in [3.05, 3.63) is 100 Å². The molecule has 0 spiro atoms. The monoisotopic (exact) mass is 386 g/mol.